The maximum Gasteiger partial charge on any atom is 0.307 e. The lowest BCUT2D eigenvalue weighted by atomic mass is 10.0. The first-order valence-corrected chi connectivity index (χ1v) is 9.24. The summed E-state index contributed by atoms with van der Waals surface area (Å²) in [6.07, 6.45) is 1.18. The number of sulfonamides is 1. The van der Waals surface area contributed by atoms with E-state index in [-0.39, 0.29) is 12.5 Å². The molecule has 0 amide bonds. The van der Waals surface area contributed by atoms with E-state index in [1.807, 2.05) is 18.2 Å². The highest BCUT2D eigenvalue weighted by molar-refractivity contribution is 7.89. The van der Waals surface area contributed by atoms with Gasteiger partial charge >= 0.3 is 5.97 Å². The van der Waals surface area contributed by atoms with Crippen LogP contribution in [0, 0.1) is 6.92 Å². The van der Waals surface area contributed by atoms with E-state index in [4.69, 9.17) is 5.11 Å². The normalized spacial score (nSPS) is 16.8. The van der Waals surface area contributed by atoms with Gasteiger partial charge in [-0.2, -0.15) is 0 Å². The zero-order chi connectivity index (χ0) is 17.3. The Bertz CT molecular complexity index is 890. The average Bonchev–Trinajstić information content (AvgIpc) is 2.87. The number of hydrogen-bond donors (Lipinski definition) is 2. The molecule has 5 nitrogen and oxygen atoms in total. The third kappa shape index (κ3) is 3.49. The second-order valence-corrected chi connectivity index (χ2v) is 7.85. The average molecular weight is 345 g/mol. The van der Waals surface area contributed by atoms with E-state index in [1.165, 1.54) is 0 Å². The van der Waals surface area contributed by atoms with Crippen LogP contribution in [-0.2, 0) is 34.1 Å². The van der Waals surface area contributed by atoms with E-state index in [1.54, 1.807) is 31.2 Å². The lowest BCUT2D eigenvalue weighted by Crippen LogP contribution is -2.35. The Morgan fingerprint density at radius 1 is 1.17 bits per heavy atom. The Labute approximate surface area is 141 Å². The lowest BCUT2D eigenvalue weighted by Gasteiger charge is -2.14. The van der Waals surface area contributed by atoms with Crippen molar-refractivity contribution in [2.24, 2.45) is 0 Å². The van der Waals surface area contributed by atoms with Crippen molar-refractivity contribution in [1.29, 1.82) is 0 Å². The topological polar surface area (TPSA) is 83.5 Å². The van der Waals surface area contributed by atoms with Gasteiger partial charge in [0, 0.05) is 6.04 Å². The van der Waals surface area contributed by atoms with Crippen molar-refractivity contribution in [3.63, 3.8) is 0 Å². The fraction of sp³-hybridized carbons (Fsp3) is 0.278. The highest BCUT2D eigenvalue weighted by Crippen LogP contribution is 2.25. The van der Waals surface area contributed by atoms with E-state index in [2.05, 4.69) is 4.72 Å². The molecule has 1 unspecified atom stereocenters. The molecule has 0 bridgehead atoms. The number of carbonyl (C=O) groups is 1. The van der Waals surface area contributed by atoms with Gasteiger partial charge in [-0.1, -0.05) is 36.4 Å². The molecule has 0 aliphatic heterocycles. The Balaban J connectivity index is 1.76. The summed E-state index contributed by atoms with van der Waals surface area (Å²) in [4.78, 5) is 11.1. The van der Waals surface area contributed by atoms with Gasteiger partial charge in [0.2, 0.25) is 10.0 Å². The van der Waals surface area contributed by atoms with E-state index < -0.39 is 16.0 Å². The van der Waals surface area contributed by atoms with Crippen LogP contribution >= 0.6 is 0 Å². The fourth-order valence-corrected chi connectivity index (χ4v) is 4.66. The van der Waals surface area contributed by atoms with Crippen molar-refractivity contribution < 1.29 is 18.3 Å². The lowest BCUT2D eigenvalue weighted by molar-refractivity contribution is -0.136. The van der Waals surface area contributed by atoms with Crippen molar-refractivity contribution in [2.45, 2.75) is 37.1 Å². The third-order valence-corrected chi connectivity index (χ3v) is 5.94. The highest BCUT2D eigenvalue weighted by Gasteiger charge is 2.27. The van der Waals surface area contributed by atoms with Crippen LogP contribution in [0.25, 0.3) is 0 Å². The minimum atomic E-state index is -3.57. The minimum Gasteiger partial charge on any atom is -0.481 e. The van der Waals surface area contributed by atoms with E-state index in [0.29, 0.717) is 23.3 Å². The minimum absolute atomic E-state index is 0.0209. The van der Waals surface area contributed by atoms with Crippen LogP contribution in [0.5, 0.6) is 0 Å². The van der Waals surface area contributed by atoms with Crippen LogP contribution in [0.4, 0.5) is 0 Å². The Kier molecular flexibility index (Phi) is 4.43. The number of carboxylic acids is 1. The van der Waals surface area contributed by atoms with Crippen LogP contribution in [0.15, 0.2) is 47.4 Å². The molecule has 2 aromatic rings. The van der Waals surface area contributed by atoms with Crippen molar-refractivity contribution in [3.8, 4) is 0 Å². The fourth-order valence-electron chi connectivity index (χ4n) is 3.18. The zero-order valence-corrected chi connectivity index (χ0v) is 14.1. The predicted octanol–water partition coefficient (Wildman–Crippen LogP) is 2.07. The van der Waals surface area contributed by atoms with Crippen molar-refractivity contribution in [2.75, 3.05) is 0 Å². The molecule has 24 heavy (non-hydrogen) atoms. The van der Waals surface area contributed by atoms with E-state index in [0.717, 1.165) is 16.7 Å². The van der Waals surface area contributed by atoms with Gasteiger partial charge in [0.1, 0.15) is 0 Å². The number of aliphatic carboxylic acids is 1. The summed E-state index contributed by atoms with van der Waals surface area (Å²) < 4.78 is 27.9. The first-order valence-electron chi connectivity index (χ1n) is 7.75. The van der Waals surface area contributed by atoms with Gasteiger partial charge < -0.3 is 5.11 Å². The van der Waals surface area contributed by atoms with Gasteiger partial charge in [0.25, 0.3) is 0 Å². The molecule has 126 valence electrons. The third-order valence-electron chi connectivity index (χ3n) is 4.26. The molecule has 1 aliphatic carbocycles. The molecular formula is C18H19NO4S. The number of benzene rings is 2. The summed E-state index contributed by atoms with van der Waals surface area (Å²) in [6.45, 7) is 1.77. The molecule has 0 radical (unpaired) electrons. The molecular weight excluding hydrogens is 326 g/mol. The second kappa shape index (κ2) is 6.37. The number of hydrogen-bond acceptors (Lipinski definition) is 3. The van der Waals surface area contributed by atoms with Gasteiger partial charge in [0.05, 0.1) is 11.3 Å². The Hall–Kier alpha value is -2.18. The smallest absolute Gasteiger partial charge is 0.307 e. The van der Waals surface area contributed by atoms with Gasteiger partial charge in [0.15, 0.2) is 0 Å². The van der Waals surface area contributed by atoms with Crippen molar-refractivity contribution >= 4 is 16.0 Å². The number of nitrogens with one attached hydrogen (secondary N) is 1. The van der Waals surface area contributed by atoms with Gasteiger partial charge in [-0.05, 0) is 48.1 Å². The van der Waals surface area contributed by atoms with Gasteiger partial charge in [-0.15, -0.1) is 0 Å². The predicted molar refractivity (Wildman–Crippen MR) is 90.5 cm³/mol. The molecule has 2 aromatic carbocycles. The first kappa shape index (κ1) is 16.7. The number of aryl methyl sites for hydroxylation is 1. The Morgan fingerprint density at radius 3 is 2.58 bits per heavy atom. The molecule has 1 aliphatic rings. The standard InChI is InChI=1S/C18H19NO4S/c1-12-4-2-3-5-17(12)24(22,23)19-16-10-14-7-6-13(9-18(20)21)8-15(14)11-16/h2-8,16,19H,9-11H2,1H3,(H,20,21). The molecule has 0 saturated heterocycles. The number of fused-ring (bicyclic) bond motifs is 1. The van der Waals surface area contributed by atoms with Crippen LogP contribution < -0.4 is 4.72 Å². The Morgan fingerprint density at radius 2 is 1.88 bits per heavy atom. The van der Waals surface area contributed by atoms with Crippen LogP contribution in [0.1, 0.15) is 22.3 Å². The summed E-state index contributed by atoms with van der Waals surface area (Å²) in [7, 11) is -3.57. The highest BCUT2D eigenvalue weighted by atomic mass is 32.2. The molecule has 3 rings (SSSR count). The number of rotatable bonds is 5. The van der Waals surface area contributed by atoms with Gasteiger partial charge in [-0.25, -0.2) is 13.1 Å². The van der Waals surface area contributed by atoms with Crippen LogP contribution in [0.2, 0.25) is 0 Å². The maximum absolute atomic E-state index is 12.6. The van der Waals surface area contributed by atoms with Crippen LogP contribution in [-0.4, -0.2) is 25.5 Å². The molecule has 0 heterocycles. The quantitative estimate of drug-likeness (QED) is 0.869. The first-order chi connectivity index (χ1) is 11.3. The summed E-state index contributed by atoms with van der Waals surface area (Å²) in [5, 5.41) is 8.88. The monoisotopic (exact) mass is 345 g/mol. The van der Waals surface area contributed by atoms with E-state index in [9.17, 15) is 13.2 Å². The van der Waals surface area contributed by atoms with Crippen molar-refractivity contribution in [3.05, 3.63) is 64.7 Å². The summed E-state index contributed by atoms with van der Waals surface area (Å²) >= 11 is 0. The SMILES string of the molecule is Cc1ccccc1S(=O)(=O)NC1Cc2ccc(CC(=O)O)cc2C1. The zero-order valence-electron chi connectivity index (χ0n) is 13.3. The molecule has 0 saturated carbocycles. The molecule has 6 heteroatoms. The summed E-state index contributed by atoms with van der Waals surface area (Å²) in [5.74, 6) is -0.871. The second-order valence-electron chi connectivity index (χ2n) is 6.17. The largest absolute Gasteiger partial charge is 0.481 e. The summed E-state index contributed by atoms with van der Waals surface area (Å²) in [6, 6.07) is 12.3. The molecule has 2 N–H and O–H groups in total. The summed E-state index contributed by atoms with van der Waals surface area (Å²) in [5.41, 5.74) is 3.54. The van der Waals surface area contributed by atoms with Crippen molar-refractivity contribution in [1.82, 2.24) is 4.72 Å². The maximum atomic E-state index is 12.6. The van der Waals surface area contributed by atoms with E-state index >= 15 is 0 Å². The number of carboxylic acid groups (broad SMARTS) is 1. The molecule has 0 fully saturated rings. The molecule has 1 atom stereocenters. The molecule has 0 spiro atoms. The van der Waals surface area contributed by atoms with Crippen LogP contribution in [0.3, 0.4) is 0 Å². The van der Waals surface area contributed by atoms with Gasteiger partial charge in [-0.3, -0.25) is 4.79 Å². The molecule has 0 aromatic heterocycles.